The number of ether oxygens (including phenoxy) is 1. The summed E-state index contributed by atoms with van der Waals surface area (Å²) in [6, 6.07) is 6.46. The zero-order chi connectivity index (χ0) is 32.0. The minimum Gasteiger partial charge on any atom is -0.467 e. The van der Waals surface area contributed by atoms with E-state index < -0.39 is 52.0 Å². The van der Waals surface area contributed by atoms with Crippen LogP contribution in [0, 0.1) is 5.92 Å². The van der Waals surface area contributed by atoms with Gasteiger partial charge < -0.3 is 25.6 Å². The first kappa shape index (κ1) is 33.6. The van der Waals surface area contributed by atoms with Gasteiger partial charge in [-0.1, -0.05) is 42.3 Å². The lowest BCUT2D eigenvalue weighted by Crippen LogP contribution is -2.52. The highest BCUT2D eigenvalue weighted by Gasteiger charge is 2.55. The summed E-state index contributed by atoms with van der Waals surface area (Å²) in [6.45, 7) is 1.95. The Morgan fingerprint density at radius 1 is 1.07 bits per heavy atom. The van der Waals surface area contributed by atoms with Crippen LogP contribution in [0.15, 0.2) is 41.5 Å². The molecule has 0 bridgehead atoms. The highest BCUT2D eigenvalue weighted by Crippen LogP contribution is 2.39. The van der Waals surface area contributed by atoms with Gasteiger partial charge in [0.15, 0.2) is 0 Å². The molecule has 2 saturated heterocycles. The Bertz CT molecular complexity index is 1360. The van der Waals surface area contributed by atoms with Crippen LogP contribution in [-0.2, 0) is 40.4 Å². The largest absolute Gasteiger partial charge is 0.467 e. The normalized spacial score (nSPS) is 23.4. The van der Waals surface area contributed by atoms with E-state index in [1.165, 1.54) is 11.4 Å². The van der Waals surface area contributed by atoms with E-state index >= 15 is 0 Å². The van der Waals surface area contributed by atoms with Crippen molar-refractivity contribution in [2.45, 2.75) is 76.0 Å². The molecule has 13 heteroatoms. The third-order valence-corrected chi connectivity index (χ3v) is 10.4. The fourth-order valence-electron chi connectivity index (χ4n) is 6.62. The lowest BCUT2D eigenvalue weighted by atomic mass is 9.89. The van der Waals surface area contributed by atoms with E-state index in [2.05, 4.69) is 16.0 Å². The molecule has 3 amide bonds. The van der Waals surface area contributed by atoms with Gasteiger partial charge in [0, 0.05) is 37.7 Å². The predicted octanol–water partition coefficient (Wildman–Crippen LogP) is 0.733. The summed E-state index contributed by atoms with van der Waals surface area (Å²) in [5, 5.41) is 8.59. The number of esters is 1. The van der Waals surface area contributed by atoms with E-state index in [1.54, 1.807) is 18.9 Å². The number of likely N-dealkylation sites (N-methyl/N-ethyl adjacent to an activating group) is 1. The van der Waals surface area contributed by atoms with Gasteiger partial charge in [-0.3, -0.25) is 14.4 Å². The number of sulfonamides is 1. The number of benzene rings is 1. The molecule has 2 heterocycles. The number of hydrogen-bond acceptors (Lipinski definition) is 8. The molecule has 0 spiro atoms. The van der Waals surface area contributed by atoms with Crippen LogP contribution in [-0.4, -0.2) is 106 Å². The SMILES string of the molecule is CN[C@@H](C)C(=O)NCC(C(=O)N1CC[C@@H]2[C@H]1[C@@H](C(=O)N[C@@H](Cc1ccccc1)C(=O)OC)CN2S(C)(=O)=O)=C1CCCCC1. The Hall–Kier alpha value is -3.29. The average Bonchev–Trinajstić information content (AvgIpc) is 3.62. The third kappa shape index (κ3) is 7.67. The lowest BCUT2D eigenvalue weighted by Gasteiger charge is -2.31. The van der Waals surface area contributed by atoms with Crippen molar-refractivity contribution in [1.29, 1.82) is 0 Å². The number of likely N-dealkylation sites (tertiary alicyclic amines) is 1. The van der Waals surface area contributed by atoms with Crippen molar-refractivity contribution < 1.29 is 32.3 Å². The summed E-state index contributed by atoms with van der Waals surface area (Å²) in [5.41, 5.74) is 2.33. The van der Waals surface area contributed by atoms with Crippen molar-refractivity contribution in [3.05, 3.63) is 47.0 Å². The molecule has 1 saturated carbocycles. The summed E-state index contributed by atoms with van der Waals surface area (Å²) in [7, 11) is -0.766. The number of nitrogens with one attached hydrogen (secondary N) is 3. The molecule has 5 atom stereocenters. The van der Waals surface area contributed by atoms with E-state index in [0.29, 0.717) is 12.0 Å². The maximum atomic E-state index is 14.3. The number of amides is 3. The quantitative estimate of drug-likeness (QED) is 0.239. The molecule has 3 fully saturated rings. The van der Waals surface area contributed by atoms with Crippen LogP contribution in [0.25, 0.3) is 0 Å². The summed E-state index contributed by atoms with van der Waals surface area (Å²) in [4.78, 5) is 55.1. The van der Waals surface area contributed by atoms with E-state index in [0.717, 1.165) is 49.5 Å². The standard InChI is InChI=1S/C31H45N5O7S/c1-20(32-2)28(37)33-18-23(22-13-9-6-10-14-22)30(39)35-16-15-26-27(35)24(19-36(26)44(4,41)42)29(38)34-25(31(40)43-3)17-21-11-7-5-8-12-21/h5,7-8,11-12,20,24-27,32H,6,9-10,13-19H2,1-4H3,(H,33,37)(H,34,38)/t20-,24-,25-,26+,27+/m0/s1. The fraction of sp³-hybridized carbons (Fsp3) is 0.613. The Morgan fingerprint density at radius 2 is 1.75 bits per heavy atom. The van der Waals surface area contributed by atoms with Crippen LogP contribution >= 0.6 is 0 Å². The van der Waals surface area contributed by atoms with E-state index in [4.69, 9.17) is 4.74 Å². The molecule has 1 aromatic rings. The topological polar surface area (TPSA) is 154 Å². The van der Waals surface area contributed by atoms with Crippen molar-refractivity contribution in [1.82, 2.24) is 25.2 Å². The van der Waals surface area contributed by atoms with Crippen LogP contribution in [0.1, 0.15) is 51.0 Å². The molecule has 0 aromatic heterocycles. The Balaban J connectivity index is 1.63. The molecule has 12 nitrogen and oxygen atoms in total. The van der Waals surface area contributed by atoms with Gasteiger partial charge >= 0.3 is 5.97 Å². The summed E-state index contributed by atoms with van der Waals surface area (Å²) in [5.74, 6) is -2.55. The highest BCUT2D eigenvalue weighted by atomic mass is 32.2. The predicted molar refractivity (Wildman–Crippen MR) is 165 cm³/mol. The third-order valence-electron chi connectivity index (χ3n) is 9.09. The molecule has 3 N–H and O–H groups in total. The number of fused-ring (bicyclic) bond motifs is 1. The van der Waals surface area contributed by atoms with Crippen molar-refractivity contribution in [3.63, 3.8) is 0 Å². The molecule has 0 unspecified atom stereocenters. The zero-order valence-electron chi connectivity index (χ0n) is 26.0. The summed E-state index contributed by atoms with van der Waals surface area (Å²) < 4.78 is 32.0. The van der Waals surface area contributed by atoms with Crippen molar-refractivity contribution in [2.24, 2.45) is 5.92 Å². The molecule has 4 rings (SSSR count). The zero-order valence-corrected chi connectivity index (χ0v) is 26.8. The first-order chi connectivity index (χ1) is 21.0. The van der Waals surface area contributed by atoms with Gasteiger partial charge in [-0.15, -0.1) is 0 Å². The van der Waals surface area contributed by atoms with Crippen molar-refractivity contribution in [2.75, 3.05) is 40.0 Å². The molecule has 242 valence electrons. The first-order valence-electron chi connectivity index (χ1n) is 15.3. The van der Waals surface area contributed by atoms with Crippen molar-refractivity contribution in [3.8, 4) is 0 Å². The van der Waals surface area contributed by atoms with Gasteiger partial charge in [0.1, 0.15) is 6.04 Å². The van der Waals surface area contributed by atoms with E-state index in [-0.39, 0.29) is 37.9 Å². The van der Waals surface area contributed by atoms with Gasteiger partial charge in [0.2, 0.25) is 21.8 Å². The van der Waals surface area contributed by atoms with Gasteiger partial charge in [0.05, 0.1) is 31.4 Å². The average molecular weight is 632 g/mol. The second-order valence-electron chi connectivity index (χ2n) is 11.9. The Morgan fingerprint density at radius 3 is 2.36 bits per heavy atom. The molecule has 1 aliphatic carbocycles. The number of nitrogens with zero attached hydrogens (tertiary/aromatic N) is 2. The smallest absolute Gasteiger partial charge is 0.328 e. The molecule has 44 heavy (non-hydrogen) atoms. The maximum Gasteiger partial charge on any atom is 0.328 e. The monoisotopic (exact) mass is 631 g/mol. The van der Waals surface area contributed by atoms with Crippen LogP contribution < -0.4 is 16.0 Å². The number of methoxy groups -OCH3 is 1. The second-order valence-corrected chi connectivity index (χ2v) is 13.9. The second kappa shape index (κ2) is 14.7. The minimum absolute atomic E-state index is 0.0566. The van der Waals surface area contributed by atoms with Crippen LogP contribution in [0.4, 0.5) is 0 Å². The van der Waals surface area contributed by atoms with Crippen LogP contribution in [0.2, 0.25) is 0 Å². The van der Waals surface area contributed by atoms with Crippen LogP contribution in [0.5, 0.6) is 0 Å². The minimum atomic E-state index is -3.70. The molecule has 1 aromatic carbocycles. The number of rotatable bonds is 11. The fourth-order valence-corrected chi connectivity index (χ4v) is 7.77. The van der Waals surface area contributed by atoms with Gasteiger partial charge in [-0.05, 0) is 51.6 Å². The molecular weight excluding hydrogens is 586 g/mol. The Kier molecular flexibility index (Phi) is 11.2. The Labute approximate surface area is 260 Å². The molecule has 3 aliphatic rings. The number of allylic oxidation sites excluding steroid dienone is 1. The van der Waals surface area contributed by atoms with Crippen molar-refractivity contribution >= 4 is 33.7 Å². The number of hydrogen-bond donors (Lipinski definition) is 3. The lowest BCUT2D eigenvalue weighted by molar-refractivity contribution is -0.146. The number of carbonyl (C=O) groups is 4. The maximum absolute atomic E-state index is 14.3. The van der Waals surface area contributed by atoms with E-state index in [9.17, 15) is 27.6 Å². The highest BCUT2D eigenvalue weighted by molar-refractivity contribution is 7.88. The molecule has 0 radical (unpaired) electrons. The summed E-state index contributed by atoms with van der Waals surface area (Å²) >= 11 is 0. The van der Waals surface area contributed by atoms with Gasteiger partial charge in [-0.25, -0.2) is 13.2 Å². The van der Waals surface area contributed by atoms with Gasteiger partial charge in [0.25, 0.3) is 5.91 Å². The molecule has 2 aliphatic heterocycles. The van der Waals surface area contributed by atoms with Crippen LogP contribution in [0.3, 0.4) is 0 Å². The summed E-state index contributed by atoms with van der Waals surface area (Å²) in [6.07, 6.45) is 6.14. The number of carbonyl (C=O) groups excluding carboxylic acids is 4. The molecular formula is C31H45N5O7S. The van der Waals surface area contributed by atoms with Gasteiger partial charge in [-0.2, -0.15) is 4.31 Å². The van der Waals surface area contributed by atoms with E-state index in [1.807, 2.05) is 30.3 Å². The first-order valence-corrected chi connectivity index (χ1v) is 17.2.